The number of benzene rings is 1. The van der Waals surface area contributed by atoms with Crippen molar-refractivity contribution in [3.8, 4) is 11.5 Å². The highest BCUT2D eigenvalue weighted by Gasteiger charge is 2.36. The lowest BCUT2D eigenvalue weighted by atomic mass is 9.87. The molecule has 0 radical (unpaired) electrons. The second-order valence-electron chi connectivity index (χ2n) is 5.29. The second kappa shape index (κ2) is 6.12. The van der Waals surface area contributed by atoms with Crippen molar-refractivity contribution in [3.05, 3.63) is 23.8 Å². The Labute approximate surface area is 128 Å². The normalized spacial score (nSPS) is 22.8. The summed E-state index contributed by atoms with van der Waals surface area (Å²) in [6.45, 7) is 0.712. The fourth-order valence-corrected chi connectivity index (χ4v) is 2.93. The van der Waals surface area contributed by atoms with Crippen molar-refractivity contribution in [2.75, 3.05) is 19.8 Å². The predicted molar refractivity (Wildman–Crippen MR) is 77.7 cm³/mol. The van der Waals surface area contributed by atoms with Gasteiger partial charge >= 0.3 is 0 Å². The zero-order valence-corrected chi connectivity index (χ0v) is 12.6. The first kappa shape index (κ1) is 14.5. The summed E-state index contributed by atoms with van der Waals surface area (Å²) >= 11 is 5.75. The molecule has 0 bridgehead atoms. The standard InChI is InChI=1S/C15H18ClNO4/c1-19-12-5-11(6-12)17(14(18)7-16)8-10-3-2-4-13-15(10)21-9-20-13/h2-4,11-12H,5-9H2,1H3. The van der Waals surface area contributed by atoms with Gasteiger partial charge in [-0.25, -0.2) is 0 Å². The summed E-state index contributed by atoms with van der Waals surface area (Å²) in [7, 11) is 1.70. The Kier molecular flexibility index (Phi) is 4.22. The summed E-state index contributed by atoms with van der Waals surface area (Å²) in [5, 5.41) is 0. The van der Waals surface area contributed by atoms with Gasteiger partial charge in [-0.3, -0.25) is 4.79 Å². The van der Waals surface area contributed by atoms with Crippen LogP contribution in [0.5, 0.6) is 11.5 Å². The summed E-state index contributed by atoms with van der Waals surface area (Å²) in [5.74, 6) is 1.38. The Balaban J connectivity index is 1.76. The molecule has 1 fully saturated rings. The minimum Gasteiger partial charge on any atom is -0.454 e. The number of alkyl halides is 1. The van der Waals surface area contributed by atoms with Crippen LogP contribution in [-0.2, 0) is 16.1 Å². The molecule has 5 nitrogen and oxygen atoms in total. The van der Waals surface area contributed by atoms with Crippen LogP contribution in [0.25, 0.3) is 0 Å². The van der Waals surface area contributed by atoms with E-state index in [9.17, 15) is 4.79 Å². The SMILES string of the molecule is COC1CC(N(Cc2cccc3c2OCO3)C(=O)CCl)C1. The number of hydrogen-bond acceptors (Lipinski definition) is 4. The van der Waals surface area contributed by atoms with E-state index >= 15 is 0 Å². The van der Waals surface area contributed by atoms with E-state index in [0.29, 0.717) is 6.54 Å². The molecular formula is C15H18ClNO4. The number of para-hydroxylation sites is 1. The molecule has 0 aromatic heterocycles. The maximum Gasteiger partial charge on any atom is 0.238 e. The molecule has 0 spiro atoms. The summed E-state index contributed by atoms with van der Waals surface area (Å²) in [6, 6.07) is 5.91. The lowest BCUT2D eigenvalue weighted by Gasteiger charge is -2.42. The van der Waals surface area contributed by atoms with Gasteiger partial charge in [-0.2, -0.15) is 0 Å². The lowest BCUT2D eigenvalue weighted by Crippen LogP contribution is -2.50. The number of nitrogens with zero attached hydrogens (tertiary/aromatic N) is 1. The van der Waals surface area contributed by atoms with E-state index < -0.39 is 0 Å². The van der Waals surface area contributed by atoms with E-state index in [4.69, 9.17) is 25.8 Å². The number of ether oxygens (including phenoxy) is 3. The molecule has 1 aromatic rings. The molecule has 1 aliphatic heterocycles. The molecule has 1 aliphatic carbocycles. The number of amides is 1. The van der Waals surface area contributed by atoms with Crippen LogP contribution in [0.15, 0.2) is 18.2 Å². The molecule has 1 aromatic carbocycles. The highest BCUT2D eigenvalue weighted by molar-refractivity contribution is 6.27. The fraction of sp³-hybridized carbons (Fsp3) is 0.533. The highest BCUT2D eigenvalue weighted by Crippen LogP contribution is 2.37. The maximum absolute atomic E-state index is 12.1. The number of carbonyl (C=O) groups is 1. The number of fused-ring (bicyclic) bond motifs is 1. The Morgan fingerprint density at radius 2 is 2.24 bits per heavy atom. The summed E-state index contributed by atoms with van der Waals surface area (Å²) in [5.41, 5.74) is 0.948. The predicted octanol–water partition coefficient (Wildman–Crippen LogP) is 2.16. The molecule has 6 heteroatoms. The average Bonchev–Trinajstić information content (AvgIpc) is 2.93. The van der Waals surface area contributed by atoms with Gasteiger partial charge in [0.25, 0.3) is 0 Å². The van der Waals surface area contributed by atoms with Gasteiger partial charge < -0.3 is 19.1 Å². The topological polar surface area (TPSA) is 48.0 Å². The Morgan fingerprint density at radius 3 is 2.95 bits per heavy atom. The van der Waals surface area contributed by atoms with Crippen LogP contribution in [0.3, 0.4) is 0 Å². The Morgan fingerprint density at radius 1 is 1.43 bits per heavy atom. The van der Waals surface area contributed by atoms with Gasteiger partial charge in [-0.1, -0.05) is 12.1 Å². The monoisotopic (exact) mass is 311 g/mol. The molecule has 21 heavy (non-hydrogen) atoms. The molecule has 0 atom stereocenters. The smallest absolute Gasteiger partial charge is 0.238 e. The van der Waals surface area contributed by atoms with Crippen molar-refractivity contribution < 1.29 is 19.0 Å². The Bertz CT molecular complexity index is 530. The zero-order chi connectivity index (χ0) is 14.8. The fourth-order valence-electron chi connectivity index (χ4n) is 2.78. The first-order valence-corrected chi connectivity index (χ1v) is 7.52. The van der Waals surface area contributed by atoms with Gasteiger partial charge in [-0.05, 0) is 18.9 Å². The van der Waals surface area contributed by atoms with Crippen molar-refractivity contribution in [2.45, 2.75) is 31.5 Å². The van der Waals surface area contributed by atoms with Gasteiger partial charge in [0.05, 0.1) is 6.10 Å². The molecule has 0 N–H and O–H groups in total. The van der Waals surface area contributed by atoms with Gasteiger partial charge in [0.2, 0.25) is 12.7 Å². The molecule has 114 valence electrons. The average molecular weight is 312 g/mol. The zero-order valence-electron chi connectivity index (χ0n) is 11.9. The van der Waals surface area contributed by atoms with Gasteiger partial charge in [-0.15, -0.1) is 11.6 Å². The third-order valence-corrected chi connectivity index (χ3v) is 4.33. The van der Waals surface area contributed by atoms with Gasteiger partial charge in [0, 0.05) is 25.3 Å². The van der Waals surface area contributed by atoms with Crippen LogP contribution < -0.4 is 9.47 Å². The van der Waals surface area contributed by atoms with Crippen LogP contribution in [0.4, 0.5) is 0 Å². The van der Waals surface area contributed by atoms with E-state index in [-0.39, 0.29) is 30.7 Å². The molecule has 1 saturated carbocycles. The van der Waals surface area contributed by atoms with E-state index in [1.54, 1.807) is 7.11 Å². The summed E-state index contributed by atoms with van der Waals surface area (Å²) in [6.07, 6.45) is 1.94. The van der Waals surface area contributed by atoms with Gasteiger partial charge in [0.1, 0.15) is 5.88 Å². The lowest BCUT2D eigenvalue weighted by molar-refractivity contribution is -0.137. The molecule has 0 saturated heterocycles. The van der Waals surface area contributed by atoms with Crippen molar-refractivity contribution >= 4 is 17.5 Å². The van der Waals surface area contributed by atoms with Crippen molar-refractivity contribution in [1.29, 1.82) is 0 Å². The van der Waals surface area contributed by atoms with E-state index in [1.165, 1.54) is 0 Å². The van der Waals surface area contributed by atoms with Crippen LogP contribution in [0.2, 0.25) is 0 Å². The van der Waals surface area contributed by atoms with E-state index in [2.05, 4.69) is 0 Å². The third-order valence-electron chi connectivity index (χ3n) is 4.10. The minimum atomic E-state index is -0.0623. The van der Waals surface area contributed by atoms with Crippen LogP contribution in [-0.4, -0.2) is 42.7 Å². The van der Waals surface area contributed by atoms with Crippen molar-refractivity contribution in [2.24, 2.45) is 0 Å². The number of carbonyl (C=O) groups excluding carboxylic acids is 1. The molecule has 1 heterocycles. The van der Waals surface area contributed by atoms with Crippen molar-refractivity contribution in [3.63, 3.8) is 0 Å². The third kappa shape index (κ3) is 2.80. The minimum absolute atomic E-state index is 0.0134. The van der Waals surface area contributed by atoms with Crippen LogP contribution in [0.1, 0.15) is 18.4 Å². The van der Waals surface area contributed by atoms with E-state index in [0.717, 1.165) is 29.9 Å². The number of methoxy groups -OCH3 is 1. The molecule has 2 aliphatic rings. The highest BCUT2D eigenvalue weighted by atomic mass is 35.5. The molecular weight excluding hydrogens is 294 g/mol. The van der Waals surface area contributed by atoms with Gasteiger partial charge in [0.15, 0.2) is 11.5 Å². The van der Waals surface area contributed by atoms with E-state index in [1.807, 2.05) is 23.1 Å². The van der Waals surface area contributed by atoms with Crippen molar-refractivity contribution in [1.82, 2.24) is 4.90 Å². The molecule has 0 unspecified atom stereocenters. The largest absolute Gasteiger partial charge is 0.454 e. The quantitative estimate of drug-likeness (QED) is 0.782. The van der Waals surface area contributed by atoms with Crippen LogP contribution in [0, 0.1) is 0 Å². The summed E-state index contributed by atoms with van der Waals surface area (Å²) in [4.78, 5) is 13.9. The Hall–Kier alpha value is -1.46. The number of rotatable bonds is 5. The number of hydrogen-bond donors (Lipinski definition) is 0. The number of halogens is 1. The summed E-state index contributed by atoms with van der Waals surface area (Å²) < 4.78 is 16.2. The second-order valence-corrected chi connectivity index (χ2v) is 5.56. The first-order valence-electron chi connectivity index (χ1n) is 6.98. The molecule has 1 amide bonds. The molecule has 3 rings (SSSR count). The first-order chi connectivity index (χ1) is 10.2. The van der Waals surface area contributed by atoms with Crippen LogP contribution >= 0.6 is 11.6 Å². The maximum atomic E-state index is 12.1.